The number of rotatable bonds is 3. The summed E-state index contributed by atoms with van der Waals surface area (Å²) in [6.45, 7) is 2.01. The van der Waals surface area contributed by atoms with Crippen molar-refractivity contribution in [3.05, 3.63) is 65.9 Å². The third-order valence-electron chi connectivity index (χ3n) is 5.97. The summed E-state index contributed by atoms with van der Waals surface area (Å²) in [5.41, 5.74) is 6.68. The average Bonchev–Trinajstić information content (AvgIpc) is 3.23. The Balaban J connectivity index is 1.37. The van der Waals surface area contributed by atoms with Crippen molar-refractivity contribution < 1.29 is 9.53 Å². The molecular weight excluding hydrogens is 362 g/mol. The van der Waals surface area contributed by atoms with Crippen molar-refractivity contribution in [1.82, 2.24) is 15.1 Å². The fraction of sp³-hybridized carbons (Fsp3) is 0.333. The largest absolute Gasteiger partial charge is 0.368 e. The van der Waals surface area contributed by atoms with Gasteiger partial charge in [0.2, 0.25) is 0 Å². The van der Waals surface area contributed by atoms with E-state index < -0.39 is 0 Å². The molecule has 0 bridgehead atoms. The van der Waals surface area contributed by atoms with Gasteiger partial charge in [0.05, 0.1) is 5.69 Å². The van der Waals surface area contributed by atoms with Gasteiger partial charge in [0.15, 0.2) is 0 Å². The second-order valence-corrected chi connectivity index (χ2v) is 7.84. The Morgan fingerprint density at radius 3 is 2.52 bits per heavy atom. The van der Waals surface area contributed by atoms with E-state index in [4.69, 9.17) is 4.74 Å². The van der Waals surface area contributed by atoms with Crippen molar-refractivity contribution in [3.8, 4) is 22.4 Å². The SMILES string of the molecule is O=C([C@H]1CCCCO1)N1CCc2[nH]nc(-c3ccc(-c4ccccc4)cc3)c2C1. The van der Waals surface area contributed by atoms with Gasteiger partial charge in [0, 0.05) is 42.9 Å². The van der Waals surface area contributed by atoms with E-state index in [2.05, 4.69) is 58.7 Å². The molecule has 3 aromatic rings. The highest BCUT2D eigenvalue weighted by Gasteiger charge is 2.31. The van der Waals surface area contributed by atoms with Crippen LogP contribution < -0.4 is 0 Å². The minimum Gasteiger partial charge on any atom is -0.368 e. The zero-order chi connectivity index (χ0) is 19.6. The molecule has 1 atom stereocenters. The van der Waals surface area contributed by atoms with Crippen LogP contribution in [0.1, 0.15) is 30.5 Å². The van der Waals surface area contributed by atoms with Crippen molar-refractivity contribution in [1.29, 1.82) is 0 Å². The number of nitrogens with one attached hydrogen (secondary N) is 1. The molecule has 2 aliphatic heterocycles. The number of carbonyl (C=O) groups is 1. The highest BCUT2D eigenvalue weighted by Crippen LogP contribution is 2.31. The molecule has 2 aliphatic rings. The maximum atomic E-state index is 12.9. The number of amides is 1. The van der Waals surface area contributed by atoms with E-state index in [9.17, 15) is 4.79 Å². The van der Waals surface area contributed by atoms with Crippen LogP contribution in [0.3, 0.4) is 0 Å². The predicted octanol–water partition coefficient (Wildman–Crippen LogP) is 4.20. The number of benzene rings is 2. The quantitative estimate of drug-likeness (QED) is 0.733. The third-order valence-corrected chi connectivity index (χ3v) is 5.97. The highest BCUT2D eigenvalue weighted by molar-refractivity contribution is 5.82. The van der Waals surface area contributed by atoms with E-state index in [0.29, 0.717) is 13.2 Å². The number of nitrogens with zero attached hydrogens (tertiary/aromatic N) is 2. The van der Waals surface area contributed by atoms with Gasteiger partial charge in [-0.1, -0.05) is 54.6 Å². The molecular formula is C24H25N3O2. The lowest BCUT2D eigenvalue weighted by Gasteiger charge is -2.32. The van der Waals surface area contributed by atoms with Crippen LogP contribution in [0, 0.1) is 0 Å². The zero-order valence-electron chi connectivity index (χ0n) is 16.4. The Labute approximate surface area is 170 Å². The van der Waals surface area contributed by atoms with Crippen LogP contribution in [0.2, 0.25) is 0 Å². The van der Waals surface area contributed by atoms with Crippen LogP contribution in [0.4, 0.5) is 0 Å². The normalized spacial score (nSPS) is 19.0. The van der Waals surface area contributed by atoms with Crippen molar-refractivity contribution in [2.24, 2.45) is 0 Å². The molecule has 1 N–H and O–H groups in total. The number of hydrogen-bond acceptors (Lipinski definition) is 3. The van der Waals surface area contributed by atoms with Crippen molar-refractivity contribution in [3.63, 3.8) is 0 Å². The van der Waals surface area contributed by atoms with Crippen molar-refractivity contribution in [2.45, 2.75) is 38.3 Å². The van der Waals surface area contributed by atoms with Gasteiger partial charge in [-0.3, -0.25) is 9.89 Å². The number of aromatic amines is 1. The number of hydrogen-bond donors (Lipinski definition) is 1. The summed E-state index contributed by atoms with van der Waals surface area (Å²) in [6, 6.07) is 18.8. The van der Waals surface area contributed by atoms with E-state index >= 15 is 0 Å². The first-order chi connectivity index (χ1) is 14.3. The highest BCUT2D eigenvalue weighted by atomic mass is 16.5. The van der Waals surface area contributed by atoms with Crippen LogP contribution in [-0.2, 0) is 22.5 Å². The van der Waals surface area contributed by atoms with E-state index in [-0.39, 0.29) is 12.0 Å². The number of fused-ring (bicyclic) bond motifs is 1. The molecule has 148 valence electrons. The fourth-order valence-electron chi connectivity index (χ4n) is 4.31. The lowest BCUT2D eigenvalue weighted by Crippen LogP contribution is -2.44. The molecule has 1 amide bonds. The average molecular weight is 387 g/mol. The van der Waals surface area contributed by atoms with Gasteiger partial charge in [0.25, 0.3) is 5.91 Å². The third kappa shape index (κ3) is 3.58. The molecule has 29 heavy (non-hydrogen) atoms. The van der Waals surface area contributed by atoms with Gasteiger partial charge in [-0.25, -0.2) is 0 Å². The molecule has 2 aromatic carbocycles. The minimum absolute atomic E-state index is 0.127. The molecule has 5 rings (SSSR count). The topological polar surface area (TPSA) is 58.2 Å². The molecule has 0 saturated carbocycles. The molecule has 5 nitrogen and oxygen atoms in total. The molecule has 0 unspecified atom stereocenters. The molecule has 1 saturated heterocycles. The lowest BCUT2D eigenvalue weighted by molar-refractivity contribution is -0.147. The summed E-state index contributed by atoms with van der Waals surface area (Å²) in [6.07, 6.45) is 3.49. The monoisotopic (exact) mass is 387 g/mol. The van der Waals surface area contributed by atoms with Crippen LogP contribution >= 0.6 is 0 Å². The zero-order valence-corrected chi connectivity index (χ0v) is 16.4. The molecule has 3 heterocycles. The molecule has 5 heteroatoms. The fourth-order valence-corrected chi connectivity index (χ4v) is 4.31. The van der Waals surface area contributed by atoms with Crippen molar-refractivity contribution >= 4 is 5.91 Å². The van der Waals surface area contributed by atoms with E-state index in [1.807, 2.05) is 11.0 Å². The number of H-pyrrole nitrogens is 1. The van der Waals surface area contributed by atoms with Gasteiger partial charge in [-0.15, -0.1) is 0 Å². The number of carbonyl (C=O) groups excluding carboxylic acids is 1. The lowest BCUT2D eigenvalue weighted by atomic mass is 9.98. The number of aromatic nitrogens is 2. The van der Waals surface area contributed by atoms with E-state index in [0.717, 1.165) is 54.7 Å². The minimum atomic E-state index is -0.272. The summed E-state index contributed by atoms with van der Waals surface area (Å²) >= 11 is 0. The van der Waals surface area contributed by atoms with Gasteiger partial charge in [-0.2, -0.15) is 5.10 Å². The second kappa shape index (κ2) is 7.84. The van der Waals surface area contributed by atoms with Gasteiger partial charge in [-0.05, 0) is 30.4 Å². The molecule has 1 fully saturated rings. The van der Waals surface area contributed by atoms with Crippen molar-refractivity contribution in [2.75, 3.05) is 13.2 Å². The Morgan fingerprint density at radius 2 is 1.76 bits per heavy atom. The van der Waals surface area contributed by atoms with E-state index in [1.165, 1.54) is 11.1 Å². The second-order valence-electron chi connectivity index (χ2n) is 7.84. The first-order valence-corrected chi connectivity index (χ1v) is 10.4. The molecule has 0 aliphatic carbocycles. The smallest absolute Gasteiger partial charge is 0.252 e. The molecule has 1 aromatic heterocycles. The number of ether oxygens (including phenoxy) is 1. The summed E-state index contributed by atoms with van der Waals surface area (Å²) in [5, 5.41) is 7.77. The summed E-state index contributed by atoms with van der Waals surface area (Å²) in [5.74, 6) is 0.127. The molecule has 0 radical (unpaired) electrons. The van der Waals surface area contributed by atoms with E-state index in [1.54, 1.807) is 0 Å². The Kier molecular flexibility index (Phi) is 4.90. The van der Waals surface area contributed by atoms with Crippen LogP contribution in [0.5, 0.6) is 0 Å². The Bertz CT molecular complexity index is 989. The molecule has 0 spiro atoms. The van der Waals surface area contributed by atoms with Gasteiger partial charge < -0.3 is 9.64 Å². The summed E-state index contributed by atoms with van der Waals surface area (Å²) in [7, 11) is 0. The summed E-state index contributed by atoms with van der Waals surface area (Å²) < 4.78 is 5.72. The van der Waals surface area contributed by atoms with Crippen LogP contribution in [0.25, 0.3) is 22.4 Å². The van der Waals surface area contributed by atoms with Crippen LogP contribution in [-0.4, -0.2) is 40.3 Å². The predicted molar refractivity (Wildman–Crippen MR) is 112 cm³/mol. The maximum absolute atomic E-state index is 12.9. The Morgan fingerprint density at radius 1 is 1.00 bits per heavy atom. The maximum Gasteiger partial charge on any atom is 0.252 e. The van der Waals surface area contributed by atoms with Crippen LogP contribution in [0.15, 0.2) is 54.6 Å². The van der Waals surface area contributed by atoms with Gasteiger partial charge in [0.1, 0.15) is 6.10 Å². The first-order valence-electron chi connectivity index (χ1n) is 10.4. The first kappa shape index (κ1) is 18.1. The van der Waals surface area contributed by atoms with Gasteiger partial charge >= 0.3 is 0 Å². The standard InChI is InChI=1S/C24H25N3O2/c28-24(22-8-4-5-15-29-22)27-14-13-21-20(16-27)23(26-25-21)19-11-9-18(10-12-19)17-6-2-1-3-7-17/h1-3,6-7,9-12,22H,4-5,8,13-16H2,(H,25,26)/t22-/m1/s1. The Hall–Kier alpha value is -2.92. The summed E-state index contributed by atoms with van der Waals surface area (Å²) in [4.78, 5) is 14.8.